The molecule has 0 aliphatic rings. The van der Waals surface area contributed by atoms with Crippen LogP contribution in [0.2, 0.25) is 0 Å². The third-order valence-corrected chi connectivity index (χ3v) is 3.87. The molecule has 27 heavy (non-hydrogen) atoms. The number of imidazole rings is 1. The van der Waals surface area contributed by atoms with Gasteiger partial charge >= 0.3 is 0 Å². The third kappa shape index (κ3) is 3.92. The van der Waals surface area contributed by atoms with E-state index in [2.05, 4.69) is 15.5 Å². The van der Waals surface area contributed by atoms with Crippen LogP contribution < -0.4 is 14.9 Å². The number of methoxy groups -OCH3 is 1. The van der Waals surface area contributed by atoms with E-state index >= 15 is 0 Å². The van der Waals surface area contributed by atoms with Crippen molar-refractivity contribution in [3.63, 3.8) is 0 Å². The number of fused-ring (bicyclic) bond motifs is 1. The predicted octanol–water partition coefficient (Wildman–Crippen LogP) is 3.20. The Labute approximate surface area is 157 Å². The molecule has 1 amide bonds. The Morgan fingerprint density at radius 1 is 1.26 bits per heavy atom. The Bertz CT molecular complexity index is 992. The highest BCUT2D eigenvalue weighted by atomic mass is 16.5. The standard InChI is InChI=1S/C20H22N4O3/c1-13(2)27-19-15(8-7-9-16(19)26-4)12-21-23-20(25)18-14(3)22-17-10-5-6-11-24(17)18/h5-13H,1-4H3,(H,23,25)/b21-12-. The number of para-hydroxylation sites is 1. The summed E-state index contributed by atoms with van der Waals surface area (Å²) in [5.74, 6) is 0.854. The van der Waals surface area contributed by atoms with Crippen LogP contribution in [0.4, 0.5) is 0 Å². The van der Waals surface area contributed by atoms with E-state index in [0.29, 0.717) is 34.1 Å². The van der Waals surface area contributed by atoms with Crippen molar-refractivity contribution < 1.29 is 14.3 Å². The molecule has 7 heteroatoms. The van der Waals surface area contributed by atoms with Gasteiger partial charge in [-0.15, -0.1) is 0 Å². The first-order valence-electron chi connectivity index (χ1n) is 8.62. The predicted molar refractivity (Wildman–Crippen MR) is 104 cm³/mol. The number of hydrogen-bond acceptors (Lipinski definition) is 5. The summed E-state index contributed by atoms with van der Waals surface area (Å²) < 4.78 is 12.9. The Morgan fingerprint density at radius 3 is 2.81 bits per heavy atom. The summed E-state index contributed by atoms with van der Waals surface area (Å²) in [5.41, 5.74) is 5.07. The van der Waals surface area contributed by atoms with Crippen molar-refractivity contribution in [3.8, 4) is 11.5 Å². The zero-order chi connectivity index (χ0) is 19.4. The summed E-state index contributed by atoms with van der Waals surface area (Å²) in [7, 11) is 1.58. The first kappa shape index (κ1) is 18.4. The molecule has 0 atom stereocenters. The number of aromatic nitrogens is 2. The number of nitrogens with one attached hydrogen (secondary N) is 1. The Morgan fingerprint density at radius 2 is 2.07 bits per heavy atom. The van der Waals surface area contributed by atoms with Crippen LogP contribution in [-0.2, 0) is 0 Å². The molecule has 0 radical (unpaired) electrons. The number of carbonyl (C=O) groups is 1. The van der Waals surface area contributed by atoms with Gasteiger partial charge in [0.05, 0.1) is 25.1 Å². The number of benzene rings is 1. The maximum atomic E-state index is 12.6. The van der Waals surface area contributed by atoms with Crippen molar-refractivity contribution in [3.05, 3.63) is 59.5 Å². The summed E-state index contributed by atoms with van der Waals surface area (Å²) in [4.78, 5) is 17.0. The molecule has 0 aliphatic carbocycles. The minimum absolute atomic E-state index is 0.0242. The second-order valence-corrected chi connectivity index (χ2v) is 6.22. The molecule has 1 N–H and O–H groups in total. The highest BCUT2D eigenvalue weighted by Gasteiger charge is 2.16. The Hall–Kier alpha value is -3.35. The molecule has 2 aromatic heterocycles. The quantitative estimate of drug-likeness (QED) is 0.537. The van der Waals surface area contributed by atoms with Crippen molar-refractivity contribution >= 4 is 17.8 Å². The van der Waals surface area contributed by atoms with Crippen LogP contribution >= 0.6 is 0 Å². The number of hydrogen-bond donors (Lipinski definition) is 1. The van der Waals surface area contributed by atoms with E-state index in [9.17, 15) is 4.79 Å². The molecular weight excluding hydrogens is 344 g/mol. The highest BCUT2D eigenvalue weighted by Crippen LogP contribution is 2.30. The van der Waals surface area contributed by atoms with Gasteiger partial charge < -0.3 is 9.47 Å². The summed E-state index contributed by atoms with van der Waals surface area (Å²) in [6, 6.07) is 11.1. The minimum atomic E-state index is -0.336. The van der Waals surface area contributed by atoms with Gasteiger partial charge in [-0.2, -0.15) is 5.10 Å². The van der Waals surface area contributed by atoms with Crippen molar-refractivity contribution in [2.45, 2.75) is 26.9 Å². The van der Waals surface area contributed by atoms with Crippen LogP contribution in [0.5, 0.6) is 11.5 Å². The Balaban J connectivity index is 1.83. The SMILES string of the molecule is COc1cccc(/C=N\NC(=O)c2c(C)nc3ccccn23)c1OC(C)C. The van der Waals surface area contributed by atoms with Gasteiger partial charge in [0.15, 0.2) is 11.5 Å². The van der Waals surface area contributed by atoms with Crippen LogP contribution in [0, 0.1) is 6.92 Å². The van der Waals surface area contributed by atoms with Crippen molar-refractivity contribution in [1.82, 2.24) is 14.8 Å². The van der Waals surface area contributed by atoms with Crippen molar-refractivity contribution in [2.24, 2.45) is 5.10 Å². The number of carbonyl (C=O) groups excluding carboxylic acids is 1. The highest BCUT2D eigenvalue weighted by molar-refractivity contribution is 5.95. The second-order valence-electron chi connectivity index (χ2n) is 6.22. The monoisotopic (exact) mass is 366 g/mol. The first-order valence-corrected chi connectivity index (χ1v) is 8.62. The molecule has 0 unspecified atom stereocenters. The maximum Gasteiger partial charge on any atom is 0.290 e. The van der Waals surface area contributed by atoms with Crippen LogP contribution in [0.1, 0.15) is 35.6 Å². The molecule has 0 saturated carbocycles. The van der Waals surface area contributed by atoms with Gasteiger partial charge in [0.25, 0.3) is 5.91 Å². The molecule has 3 rings (SSSR count). The lowest BCUT2D eigenvalue weighted by atomic mass is 10.2. The fraction of sp³-hybridized carbons (Fsp3) is 0.250. The van der Waals surface area contributed by atoms with Gasteiger partial charge in [0, 0.05) is 11.8 Å². The fourth-order valence-electron chi connectivity index (χ4n) is 2.76. The average molecular weight is 366 g/mol. The number of pyridine rings is 1. The molecule has 3 aromatic rings. The molecule has 2 heterocycles. The number of amides is 1. The largest absolute Gasteiger partial charge is 0.493 e. The van der Waals surface area contributed by atoms with Gasteiger partial charge in [-0.25, -0.2) is 10.4 Å². The number of nitrogens with zero attached hydrogens (tertiary/aromatic N) is 3. The van der Waals surface area contributed by atoms with Gasteiger partial charge in [-0.1, -0.05) is 12.1 Å². The lowest BCUT2D eigenvalue weighted by Crippen LogP contribution is -2.20. The van der Waals surface area contributed by atoms with E-state index in [1.807, 2.05) is 50.2 Å². The van der Waals surface area contributed by atoms with E-state index in [-0.39, 0.29) is 12.0 Å². The minimum Gasteiger partial charge on any atom is -0.493 e. The fourth-order valence-corrected chi connectivity index (χ4v) is 2.76. The third-order valence-electron chi connectivity index (χ3n) is 3.87. The number of aryl methyl sites for hydroxylation is 1. The molecule has 0 bridgehead atoms. The summed E-state index contributed by atoms with van der Waals surface area (Å²) >= 11 is 0. The number of rotatable bonds is 6. The zero-order valence-corrected chi connectivity index (χ0v) is 15.8. The van der Waals surface area contributed by atoms with Gasteiger partial charge in [-0.05, 0) is 45.0 Å². The van der Waals surface area contributed by atoms with E-state index < -0.39 is 0 Å². The smallest absolute Gasteiger partial charge is 0.290 e. The Kier molecular flexibility index (Phi) is 5.40. The molecule has 0 spiro atoms. The van der Waals surface area contributed by atoms with Gasteiger partial charge in [0.2, 0.25) is 0 Å². The topological polar surface area (TPSA) is 77.2 Å². The zero-order valence-electron chi connectivity index (χ0n) is 15.8. The van der Waals surface area contributed by atoms with Crippen LogP contribution in [0.15, 0.2) is 47.7 Å². The molecule has 7 nitrogen and oxygen atoms in total. The summed E-state index contributed by atoms with van der Waals surface area (Å²) in [6.07, 6.45) is 3.31. The van der Waals surface area contributed by atoms with Gasteiger partial charge in [-0.3, -0.25) is 9.20 Å². The van der Waals surface area contributed by atoms with E-state index in [4.69, 9.17) is 9.47 Å². The lowest BCUT2D eigenvalue weighted by molar-refractivity contribution is 0.0948. The number of ether oxygens (including phenoxy) is 2. The van der Waals surface area contributed by atoms with E-state index in [0.717, 1.165) is 0 Å². The van der Waals surface area contributed by atoms with E-state index in [1.165, 1.54) is 6.21 Å². The number of hydrazone groups is 1. The molecule has 1 aromatic carbocycles. The maximum absolute atomic E-state index is 12.6. The normalized spacial score (nSPS) is 11.3. The second kappa shape index (κ2) is 7.90. The van der Waals surface area contributed by atoms with Crippen LogP contribution in [0.3, 0.4) is 0 Å². The molecule has 0 saturated heterocycles. The average Bonchev–Trinajstić information content (AvgIpc) is 2.98. The summed E-state index contributed by atoms with van der Waals surface area (Å²) in [5, 5.41) is 4.09. The van der Waals surface area contributed by atoms with Crippen molar-refractivity contribution in [1.29, 1.82) is 0 Å². The summed E-state index contributed by atoms with van der Waals surface area (Å²) in [6.45, 7) is 5.66. The molecule has 0 fully saturated rings. The molecule has 0 aliphatic heterocycles. The lowest BCUT2D eigenvalue weighted by Gasteiger charge is -2.15. The van der Waals surface area contributed by atoms with Gasteiger partial charge in [0.1, 0.15) is 11.3 Å². The van der Waals surface area contributed by atoms with Crippen LogP contribution in [0.25, 0.3) is 5.65 Å². The van der Waals surface area contributed by atoms with E-state index in [1.54, 1.807) is 24.6 Å². The van der Waals surface area contributed by atoms with Crippen molar-refractivity contribution in [2.75, 3.05) is 7.11 Å². The van der Waals surface area contributed by atoms with Crippen LogP contribution in [-0.4, -0.2) is 34.7 Å². The first-order chi connectivity index (χ1) is 13.0. The molecule has 140 valence electrons. The molecular formula is C20H22N4O3.